The zero-order chi connectivity index (χ0) is 25.6. The first-order valence-electron chi connectivity index (χ1n) is 10.9. The van der Waals surface area contributed by atoms with E-state index in [-0.39, 0.29) is 18.9 Å². The van der Waals surface area contributed by atoms with Crippen LogP contribution in [0.15, 0.2) is 58.4 Å². The fraction of sp³-hybridized carbons (Fsp3) is 0.391. The molecule has 1 aliphatic rings. The number of alkyl halides is 3. The molecule has 1 N–H and O–H groups in total. The molecular formula is C23H27F3N4O4S. The van der Waals surface area contributed by atoms with Gasteiger partial charge in [0.05, 0.1) is 6.54 Å². The van der Waals surface area contributed by atoms with Crippen LogP contribution in [0.2, 0.25) is 0 Å². The van der Waals surface area contributed by atoms with Gasteiger partial charge in [0.1, 0.15) is 16.5 Å². The zero-order valence-corrected chi connectivity index (χ0v) is 20.2. The number of amidine groups is 1. The lowest BCUT2D eigenvalue weighted by atomic mass is 10.1. The zero-order valence-electron chi connectivity index (χ0n) is 19.4. The van der Waals surface area contributed by atoms with Crippen molar-refractivity contribution in [3.63, 3.8) is 0 Å². The van der Waals surface area contributed by atoms with E-state index in [0.717, 1.165) is 46.5 Å². The van der Waals surface area contributed by atoms with Crippen molar-refractivity contribution < 1.29 is 31.1 Å². The van der Waals surface area contributed by atoms with Crippen LogP contribution < -0.4 is 10.1 Å². The van der Waals surface area contributed by atoms with Gasteiger partial charge in [-0.3, -0.25) is 9.79 Å². The number of aliphatic imine (C=N–C) groups is 1. The number of carbonyl (C=O) groups excluding carboxylic acids is 1. The standard InChI is InChI=1S/C23H27F3N4O4S/c1-29(15-11-17-7-9-18(10-8-17)22-27-13-14-28-22)21(31)12-16-30(2)35(32,33)20-6-4-3-5-19(20)34-23(24,25)26/h3-10H,11-16H2,1-2H3,(H,27,28). The van der Waals surface area contributed by atoms with Crippen molar-refractivity contribution in [3.05, 3.63) is 59.7 Å². The van der Waals surface area contributed by atoms with E-state index < -0.39 is 27.0 Å². The number of likely N-dealkylation sites (N-methyl/N-ethyl adjacent to an activating group) is 1. The molecule has 0 fully saturated rings. The van der Waals surface area contributed by atoms with Gasteiger partial charge in [-0.05, 0) is 24.1 Å². The Kier molecular flexibility index (Phi) is 8.39. The number of para-hydroxylation sites is 1. The summed E-state index contributed by atoms with van der Waals surface area (Å²) in [6.07, 6.45) is -4.55. The molecule has 0 aromatic heterocycles. The van der Waals surface area contributed by atoms with E-state index in [9.17, 15) is 26.4 Å². The molecule has 0 unspecified atom stereocenters. The minimum atomic E-state index is -5.04. The van der Waals surface area contributed by atoms with Crippen LogP contribution in [0, 0.1) is 0 Å². The van der Waals surface area contributed by atoms with Crippen LogP contribution >= 0.6 is 0 Å². The fourth-order valence-electron chi connectivity index (χ4n) is 3.45. The highest BCUT2D eigenvalue weighted by atomic mass is 32.2. The molecule has 2 aromatic rings. The van der Waals surface area contributed by atoms with Crippen LogP contribution in [0.3, 0.4) is 0 Å². The molecule has 0 aliphatic carbocycles. The Morgan fingerprint density at radius 3 is 2.40 bits per heavy atom. The van der Waals surface area contributed by atoms with Gasteiger partial charge in [0, 0.05) is 45.7 Å². The van der Waals surface area contributed by atoms with E-state index in [0.29, 0.717) is 13.0 Å². The molecule has 12 heteroatoms. The summed E-state index contributed by atoms with van der Waals surface area (Å²) in [6, 6.07) is 12.4. The Morgan fingerprint density at radius 1 is 1.09 bits per heavy atom. The quantitative estimate of drug-likeness (QED) is 0.529. The predicted octanol–water partition coefficient (Wildman–Crippen LogP) is 2.65. The van der Waals surface area contributed by atoms with Crippen LogP contribution in [-0.2, 0) is 21.2 Å². The van der Waals surface area contributed by atoms with Crippen molar-refractivity contribution in [2.75, 3.05) is 40.3 Å². The molecule has 3 rings (SSSR count). The van der Waals surface area contributed by atoms with Gasteiger partial charge in [0.15, 0.2) is 0 Å². The molecule has 0 bridgehead atoms. The fourth-order valence-corrected chi connectivity index (χ4v) is 4.73. The second-order valence-corrected chi connectivity index (χ2v) is 10.0. The molecule has 1 amide bonds. The van der Waals surface area contributed by atoms with Gasteiger partial charge in [-0.15, -0.1) is 13.2 Å². The molecule has 0 saturated heterocycles. The molecule has 0 radical (unpaired) electrons. The van der Waals surface area contributed by atoms with Crippen LogP contribution in [0.4, 0.5) is 13.2 Å². The van der Waals surface area contributed by atoms with Crippen LogP contribution in [0.5, 0.6) is 5.75 Å². The predicted molar refractivity (Wildman–Crippen MR) is 125 cm³/mol. The topological polar surface area (TPSA) is 91.3 Å². The Bertz CT molecular complexity index is 1170. The van der Waals surface area contributed by atoms with Crippen LogP contribution in [-0.4, -0.2) is 76.0 Å². The third-order valence-electron chi connectivity index (χ3n) is 5.47. The first-order chi connectivity index (χ1) is 16.5. The number of carbonyl (C=O) groups is 1. The molecule has 0 saturated carbocycles. The van der Waals surface area contributed by atoms with Gasteiger partial charge in [0.2, 0.25) is 15.9 Å². The molecule has 8 nitrogen and oxygen atoms in total. The minimum Gasteiger partial charge on any atom is -0.404 e. The average molecular weight is 513 g/mol. The summed E-state index contributed by atoms with van der Waals surface area (Å²) in [6.45, 7) is 1.81. The van der Waals surface area contributed by atoms with E-state index in [4.69, 9.17) is 0 Å². The van der Waals surface area contributed by atoms with Crippen molar-refractivity contribution in [1.82, 2.24) is 14.5 Å². The Balaban J connectivity index is 1.53. The van der Waals surface area contributed by atoms with E-state index in [2.05, 4.69) is 15.0 Å². The number of halogens is 3. The maximum absolute atomic E-state index is 12.8. The molecule has 1 aliphatic heterocycles. The van der Waals surface area contributed by atoms with Crippen LogP contribution in [0.25, 0.3) is 0 Å². The second-order valence-electron chi connectivity index (χ2n) is 7.99. The molecule has 0 atom stereocenters. The van der Waals surface area contributed by atoms with Gasteiger partial charge in [0.25, 0.3) is 0 Å². The number of hydrogen-bond acceptors (Lipinski definition) is 6. The lowest BCUT2D eigenvalue weighted by molar-refractivity contribution is -0.275. The first kappa shape index (κ1) is 26.5. The van der Waals surface area contributed by atoms with Crippen molar-refractivity contribution in [2.45, 2.75) is 24.1 Å². The van der Waals surface area contributed by atoms with E-state index in [1.807, 2.05) is 24.3 Å². The lowest BCUT2D eigenvalue weighted by Gasteiger charge is -2.22. The molecule has 1 heterocycles. The van der Waals surface area contributed by atoms with Gasteiger partial charge >= 0.3 is 6.36 Å². The first-order valence-corrected chi connectivity index (χ1v) is 12.3. The van der Waals surface area contributed by atoms with Crippen molar-refractivity contribution >= 4 is 21.8 Å². The van der Waals surface area contributed by atoms with Gasteiger partial charge in [-0.25, -0.2) is 12.7 Å². The highest BCUT2D eigenvalue weighted by molar-refractivity contribution is 7.89. The van der Waals surface area contributed by atoms with E-state index in [1.165, 1.54) is 24.1 Å². The highest BCUT2D eigenvalue weighted by Crippen LogP contribution is 2.30. The number of benzene rings is 2. The number of rotatable bonds is 10. The average Bonchev–Trinajstić information content (AvgIpc) is 3.35. The summed E-state index contributed by atoms with van der Waals surface area (Å²) >= 11 is 0. The summed E-state index contributed by atoms with van der Waals surface area (Å²) in [5, 5.41) is 3.21. The summed E-state index contributed by atoms with van der Waals surface area (Å²) in [5.41, 5.74) is 2.04. The minimum absolute atomic E-state index is 0.126. The third-order valence-corrected chi connectivity index (χ3v) is 7.36. The highest BCUT2D eigenvalue weighted by Gasteiger charge is 2.35. The largest absolute Gasteiger partial charge is 0.573 e. The maximum atomic E-state index is 12.8. The Hall–Kier alpha value is -3.12. The number of amides is 1. The molecule has 190 valence electrons. The summed E-state index contributed by atoms with van der Waals surface area (Å²) in [7, 11) is -1.48. The van der Waals surface area contributed by atoms with Gasteiger partial charge in [-0.1, -0.05) is 36.4 Å². The van der Waals surface area contributed by atoms with Crippen molar-refractivity contribution in [3.8, 4) is 5.75 Å². The summed E-state index contributed by atoms with van der Waals surface area (Å²) in [4.78, 5) is 17.8. The van der Waals surface area contributed by atoms with Crippen molar-refractivity contribution in [1.29, 1.82) is 0 Å². The Labute approximate surface area is 202 Å². The Morgan fingerprint density at radius 2 is 1.77 bits per heavy atom. The number of nitrogens with zero attached hydrogens (tertiary/aromatic N) is 3. The number of nitrogens with one attached hydrogen (secondary N) is 1. The molecular weight excluding hydrogens is 485 g/mol. The van der Waals surface area contributed by atoms with Crippen LogP contribution in [0.1, 0.15) is 17.5 Å². The number of ether oxygens (including phenoxy) is 1. The van der Waals surface area contributed by atoms with Gasteiger partial charge in [-0.2, -0.15) is 0 Å². The summed E-state index contributed by atoms with van der Waals surface area (Å²) < 4.78 is 68.2. The lowest BCUT2D eigenvalue weighted by Crippen LogP contribution is -2.34. The normalized spacial score (nSPS) is 13.9. The SMILES string of the molecule is CN(CCc1ccc(C2=NCCN2)cc1)C(=O)CCN(C)S(=O)(=O)c1ccccc1OC(F)(F)F. The van der Waals surface area contributed by atoms with Crippen molar-refractivity contribution in [2.24, 2.45) is 4.99 Å². The van der Waals surface area contributed by atoms with E-state index in [1.54, 1.807) is 7.05 Å². The molecule has 0 spiro atoms. The van der Waals surface area contributed by atoms with E-state index >= 15 is 0 Å². The maximum Gasteiger partial charge on any atom is 0.573 e. The molecule has 35 heavy (non-hydrogen) atoms. The van der Waals surface area contributed by atoms with Gasteiger partial charge < -0.3 is 15.0 Å². The monoisotopic (exact) mass is 512 g/mol. The number of hydrogen-bond donors (Lipinski definition) is 1. The third kappa shape index (κ3) is 7.18. The second kappa shape index (κ2) is 11.1. The summed E-state index contributed by atoms with van der Waals surface area (Å²) in [5.74, 6) is -0.236. The smallest absolute Gasteiger partial charge is 0.404 e. The number of sulfonamides is 1. The molecule has 2 aromatic carbocycles.